The van der Waals surface area contributed by atoms with Gasteiger partial charge in [-0.15, -0.1) is 23.1 Å². The summed E-state index contributed by atoms with van der Waals surface area (Å²) in [5.41, 5.74) is 6.04. The van der Waals surface area contributed by atoms with Gasteiger partial charge in [-0.3, -0.25) is 19.3 Å². The van der Waals surface area contributed by atoms with E-state index in [2.05, 4.69) is 20.3 Å². The second-order valence-corrected chi connectivity index (χ2v) is 10.8. The number of nitrogen functional groups attached to an aromatic ring is 1. The number of amides is 3. The molecule has 1 aliphatic carbocycles. The molecule has 2 atom stereocenters. The van der Waals surface area contributed by atoms with Crippen molar-refractivity contribution in [2.45, 2.75) is 43.6 Å². The normalized spacial score (nSPS) is 24.8. The van der Waals surface area contributed by atoms with Gasteiger partial charge in [-0.2, -0.15) is 0 Å². The number of carboxylic acids is 1. The van der Waals surface area contributed by atoms with Crippen LogP contribution in [-0.2, 0) is 28.8 Å². The Morgan fingerprint density at radius 3 is 2.70 bits per heavy atom. The Kier molecular flexibility index (Phi) is 6.49. The van der Waals surface area contributed by atoms with Crippen molar-refractivity contribution in [1.29, 1.82) is 0 Å². The Morgan fingerprint density at radius 2 is 2.08 bits per heavy atom. The summed E-state index contributed by atoms with van der Waals surface area (Å²) in [4.78, 5) is 73.6. The quantitative estimate of drug-likeness (QED) is 0.139. The summed E-state index contributed by atoms with van der Waals surface area (Å²) < 4.78 is 0. The van der Waals surface area contributed by atoms with Crippen LogP contribution in [0.1, 0.15) is 31.9 Å². The highest BCUT2D eigenvalue weighted by Crippen LogP contribution is 2.41. The maximum Gasteiger partial charge on any atom is 0.352 e. The van der Waals surface area contributed by atoms with E-state index in [1.54, 1.807) is 6.08 Å². The molecule has 15 heteroatoms. The maximum atomic E-state index is 13.0. The zero-order chi connectivity index (χ0) is 26.4. The number of carbonyl (C=O) groups excluding carboxylic acids is 4. The largest absolute Gasteiger partial charge is 0.477 e. The van der Waals surface area contributed by atoms with Gasteiger partial charge in [-0.05, 0) is 30.9 Å². The molecular formula is C22H22N6O7S2. The molecule has 0 bridgehead atoms. The first-order chi connectivity index (χ1) is 17.7. The Hall–Kier alpha value is -3.72. The fraction of sp³-hybridized carbons (Fsp3) is 0.409. The van der Waals surface area contributed by atoms with E-state index in [4.69, 9.17) is 5.73 Å². The number of thioether (sulfide) groups is 1. The van der Waals surface area contributed by atoms with Gasteiger partial charge < -0.3 is 25.9 Å². The van der Waals surface area contributed by atoms with Crippen molar-refractivity contribution in [3.05, 3.63) is 34.0 Å². The van der Waals surface area contributed by atoms with Gasteiger partial charge in [-0.25, -0.2) is 14.6 Å². The number of allylic oxidation sites excluding steroid dienone is 1. The third-order valence-electron chi connectivity index (χ3n) is 6.23. The number of thiazole rings is 1. The lowest BCUT2D eigenvalue weighted by atomic mass is 10.0. The van der Waals surface area contributed by atoms with Crippen LogP contribution in [0.15, 0.2) is 33.5 Å². The van der Waals surface area contributed by atoms with Crippen molar-refractivity contribution in [3.8, 4) is 0 Å². The average Bonchev–Trinajstić information content (AvgIpc) is 3.51. The predicted octanol–water partition coefficient (Wildman–Crippen LogP) is 0.0522. The van der Waals surface area contributed by atoms with E-state index in [0.29, 0.717) is 24.1 Å². The van der Waals surface area contributed by atoms with E-state index < -0.39 is 35.2 Å². The summed E-state index contributed by atoms with van der Waals surface area (Å²) in [7, 11) is 0. The molecule has 4 aliphatic rings. The summed E-state index contributed by atoms with van der Waals surface area (Å²) in [6.45, 7) is 1.72. The maximum absolute atomic E-state index is 13.0. The minimum Gasteiger partial charge on any atom is -0.477 e. The lowest BCUT2D eigenvalue weighted by Crippen LogP contribution is -2.71. The van der Waals surface area contributed by atoms with Gasteiger partial charge in [0.15, 0.2) is 10.8 Å². The number of oxime groups is 1. The molecule has 0 radical (unpaired) electrons. The number of hydrogen-bond acceptors (Lipinski definition) is 11. The predicted molar refractivity (Wildman–Crippen MR) is 132 cm³/mol. The summed E-state index contributed by atoms with van der Waals surface area (Å²) >= 11 is 2.32. The van der Waals surface area contributed by atoms with Crippen molar-refractivity contribution in [1.82, 2.24) is 20.1 Å². The van der Waals surface area contributed by atoms with Gasteiger partial charge in [0.05, 0.1) is 0 Å². The van der Waals surface area contributed by atoms with Gasteiger partial charge >= 0.3 is 11.9 Å². The van der Waals surface area contributed by atoms with Crippen LogP contribution in [0.3, 0.4) is 0 Å². The van der Waals surface area contributed by atoms with E-state index >= 15 is 0 Å². The molecule has 4 heterocycles. The number of hydrogen-bond donors (Lipinski definition) is 3. The molecule has 1 aromatic rings. The van der Waals surface area contributed by atoms with E-state index in [1.807, 2.05) is 4.90 Å². The molecule has 194 valence electrons. The number of β-lactam (4-membered cyclic amide) rings is 1. The second-order valence-electron chi connectivity index (χ2n) is 8.78. The first kappa shape index (κ1) is 25.0. The van der Waals surface area contributed by atoms with Crippen LogP contribution < -0.4 is 11.1 Å². The summed E-state index contributed by atoms with van der Waals surface area (Å²) in [6.07, 6.45) is 4.08. The smallest absolute Gasteiger partial charge is 0.352 e. The highest BCUT2D eigenvalue weighted by molar-refractivity contribution is 8.00. The Balaban J connectivity index is 1.35. The molecule has 3 aliphatic heterocycles. The van der Waals surface area contributed by atoms with Crippen LogP contribution in [-0.4, -0.2) is 85.0 Å². The average molecular weight is 547 g/mol. The number of nitrogens with two attached hydrogens (primary N) is 1. The van der Waals surface area contributed by atoms with Crippen molar-refractivity contribution >= 4 is 63.6 Å². The molecule has 4 N–H and O–H groups in total. The van der Waals surface area contributed by atoms with Crippen LogP contribution in [0.5, 0.6) is 0 Å². The molecule has 3 fully saturated rings. The standard InChI is InChI=1S/C22H22N6O7S2/c1-9(29)35-26-14(13-8-37-22(23)24-13)17(30)25-15-19(32)28-16(21(33)34)11(7-36-20(15)28)6-10-4-5-27(18(10)31)12-2-3-12/h6,8,12,15,20H,2-5,7H2,1H3,(H2,23,24)(H,25,30)(H,33,34)/t15-,20-/m1/s1. The van der Waals surface area contributed by atoms with Crippen molar-refractivity contribution in [2.75, 3.05) is 18.0 Å². The fourth-order valence-electron chi connectivity index (χ4n) is 4.39. The number of rotatable bonds is 7. The van der Waals surface area contributed by atoms with Gasteiger partial charge in [-0.1, -0.05) is 5.16 Å². The van der Waals surface area contributed by atoms with Crippen molar-refractivity contribution < 1.29 is 33.9 Å². The molecule has 37 heavy (non-hydrogen) atoms. The van der Waals surface area contributed by atoms with Crippen LogP contribution in [0.25, 0.3) is 0 Å². The molecule has 5 rings (SSSR count). The Bertz CT molecular complexity index is 1310. The summed E-state index contributed by atoms with van der Waals surface area (Å²) in [6, 6.07) is -0.772. The van der Waals surface area contributed by atoms with Gasteiger partial charge in [0.1, 0.15) is 22.8 Å². The number of nitrogens with zero attached hydrogens (tertiary/aromatic N) is 4. The molecule has 1 aromatic heterocycles. The molecule has 0 aromatic carbocycles. The molecule has 2 saturated heterocycles. The molecule has 3 amide bonds. The Morgan fingerprint density at radius 1 is 1.32 bits per heavy atom. The Labute approximate surface area is 218 Å². The summed E-state index contributed by atoms with van der Waals surface area (Å²) in [5.74, 6) is -3.37. The van der Waals surface area contributed by atoms with Crippen LogP contribution in [0, 0.1) is 0 Å². The SMILES string of the molecule is CC(=O)ON=C(C(=O)N[C@@H]1C(=O)N2C(C(=O)O)=C(C=C3CCN(C4CC4)C3=O)CS[C@H]12)c1csc(N)n1. The van der Waals surface area contributed by atoms with Gasteiger partial charge in [0.25, 0.3) is 11.8 Å². The first-order valence-electron chi connectivity index (χ1n) is 11.4. The third-order valence-corrected chi connectivity index (χ3v) is 8.20. The number of nitrogens with one attached hydrogen (secondary N) is 1. The monoisotopic (exact) mass is 546 g/mol. The first-order valence-corrected chi connectivity index (χ1v) is 13.3. The minimum absolute atomic E-state index is 0.0580. The highest BCUT2D eigenvalue weighted by atomic mass is 32.2. The van der Waals surface area contributed by atoms with E-state index in [9.17, 15) is 29.1 Å². The minimum atomic E-state index is -1.30. The highest BCUT2D eigenvalue weighted by Gasteiger charge is 2.54. The topological polar surface area (TPSA) is 185 Å². The number of fused-ring (bicyclic) bond motifs is 1. The number of aromatic nitrogens is 1. The van der Waals surface area contributed by atoms with Crippen LogP contribution >= 0.6 is 23.1 Å². The molecule has 0 spiro atoms. The van der Waals surface area contributed by atoms with Crippen molar-refractivity contribution in [2.24, 2.45) is 5.16 Å². The number of carbonyl (C=O) groups is 5. The molecule has 13 nitrogen and oxygen atoms in total. The zero-order valence-corrected chi connectivity index (χ0v) is 21.1. The number of carboxylic acid groups (broad SMARTS) is 1. The number of anilines is 1. The lowest BCUT2D eigenvalue weighted by Gasteiger charge is -2.49. The zero-order valence-electron chi connectivity index (χ0n) is 19.5. The van der Waals surface area contributed by atoms with Gasteiger partial charge in [0, 0.05) is 36.2 Å². The van der Waals surface area contributed by atoms with E-state index in [1.165, 1.54) is 17.1 Å². The lowest BCUT2D eigenvalue weighted by molar-refractivity contribution is -0.150. The van der Waals surface area contributed by atoms with Crippen LogP contribution in [0.2, 0.25) is 0 Å². The molecule has 1 saturated carbocycles. The van der Waals surface area contributed by atoms with Gasteiger partial charge in [0.2, 0.25) is 5.91 Å². The van der Waals surface area contributed by atoms with Crippen LogP contribution in [0.4, 0.5) is 5.13 Å². The molecular weight excluding hydrogens is 524 g/mol. The molecule has 0 unspecified atom stereocenters. The van der Waals surface area contributed by atoms with E-state index in [0.717, 1.165) is 36.0 Å². The van der Waals surface area contributed by atoms with E-state index in [-0.39, 0.29) is 39.9 Å². The van der Waals surface area contributed by atoms with Crippen molar-refractivity contribution in [3.63, 3.8) is 0 Å². The summed E-state index contributed by atoms with van der Waals surface area (Å²) in [5, 5.41) is 16.9. The number of likely N-dealkylation sites (tertiary alicyclic amines) is 1. The fourth-order valence-corrected chi connectivity index (χ4v) is 6.24. The third kappa shape index (κ3) is 4.71. The number of aliphatic carboxylic acids is 1. The second kappa shape index (κ2) is 9.63.